The van der Waals surface area contributed by atoms with E-state index in [1.54, 1.807) is 11.3 Å². The van der Waals surface area contributed by atoms with Crippen LogP contribution in [0.25, 0.3) is 0 Å². The maximum Gasteiger partial charge on any atom is 0.128 e. The van der Waals surface area contributed by atoms with Crippen LogP contribution in [0.3, 0.4) is 0 Å². The molecule has 23 heavy (non-hydrogen) atoms. The Hall–Kier alpha value is -1.38. The van der Waals surface area contributed by atoms with E-state index in [4.69, 9.17) is 10.00 Å². The Morgan fingerprint density at radius 2 is 2.17 bits per heavy atom. The third-order valence-corrected chi connectivity index (χ3v) is 5.21. The number of hydrogen-bond acceptors (Lipinski definition) is 4. The van der Waals surface area contributed by atoms with Crippen molar-refractivity contribution in [1.29, 1.82) is 5.26 Å². The van der Waals surface area contributed by atoms with Gasteiger partial charge in [-0.2, -0.15) is 5.26 Å². The summed E-state index contributed by atoms with van der Waals surface area (Å²) in [7, 11) is 4.20. The summed E-state index contributed by atoms with van der Waals surface area (Å²) < 4.78 is 6.32. The smallest absolute Gasteiger partial charge is 0.128 e. The van der Waals surface area contributed by atoms with Crippen LogP contribution >= 0.6 is 23.7 Å². The van der Waals surface area contributed by atoms with Crippen molar-refractivity contribution in [3.05, 3.63) is 57.3 Å². The Balaban J connectivity index is 0.00000192. The van der Waals surface area contributed by atoms with Crippen molar-refractivity contribution in [3.8, 4) is 6.07 Å². The molecular weight excluding hydrogens is 328 g/mol. The van der Waals surface area contributed by atoms with Crippen molar-refractivity contribution >= 4 is 23.7 Å². The van der Waals surface area contributed by atoms with Gasteiger partial charge < -0.3 is 9.64 Å². The van der Waals surface area contributed by atoms with Crippen LogP contribution in [-0.4, -0.2) is 25.5 Å². The summed E-state index contributed by atoms with van der Waals surface area (Å²) in [6.45, 7) is 1.63. The van der Waals surface area contributed by atoms with Crippen molar-refractivity contribution in [2.75, 3.05) is 20.6 Å². The second-order valence-corrected chi connectivity index (χ2v) is 6.93. The normalized spacial score (nSPS) is 19.2. The molecule has 3 nitrogen and oxygen atoms in total. The summed E-state index contributed by atoms with van der Waals surface area (Å²) in [5, 5.41) is 11.2. The van der Waals surface area contributed by atoms with Gasteiger partial charge in [0.1, 0.15) is 5.60 Å². The lowest BCUT2D eigenvalue weighted by atomic mass is 9.86. The van der Waals surface area contributed by atoms with Crippen LogP contribution in [0.4, 0.5) is 0 Å². The van der Waals surface area contributed by atoms with Crippen LogP contribution in [0.1, 0.15) is 34.4 Å². The first kappa shape index (κ1) is 18.0. The highest BCUT2D eigenvalue weighted by Gasteiger charge is 2.42. The minimum absolute atomic E-state index is 0. The Kier molecular flexibility index (Phi) is 5.83. The minimum Gasteiger partial charge on any atom is -0.360 e. The molecule has 0 fully saturated rings. The average molecular weight is 349 g/mol. The van der Waals surface area contributed by atoms with Gasteiger partial charge in [0.2, 0.25) is 0 Å². The van der Waals surface area contributed by atoms with E-state index >= 15 is 0 Å². The predicted octanol–water partition coefficient (Wildman–Crippen LogP) is 4.16. The Morgan fingerprint density at radius 1 is 1.35 bits per heavy atom. The molecule has 1 aliphatic heterocycles. The van der Waals surface area contributed by atoms with Gasteiger partial charge in [0.05, 0.1) is 18.2 Å². The van der Waals surface area contributed by atoms with Crippen LogP contribution in [0.2, 0.25) is 0 Å². The van der Waals surface area contributed by atoms with Gasteiger partial charge in [0, 0.05) is 4.88 Å². The molecule has 1 aromatic carbocycles. The molecule has 3 rings (SSSR count). The molecular formula is C18H21ClN2OS. The lowest BCUT2D eigenvalue weighted by molar-refractivity contribution is -0.0112. The Morgan fingerprint density at radius 3 is 2.83 bits per heavy atom. The molecule has 1 aromatic heterocycles. The highest BCUT2D eigenvalue weighted by molar-refractivity contribution is 7.10. The summed E-state index contributed by atoms with van der Waals surface area (Å²) in [6.07, 6.45) is 2.04. The summed E-state index contributed by atoms with van der Waals surface area (Å²) in [5.74, 6) is 0. The molecule has 1 unspecified atom stereocenters. The van der Waals surface area contributed by atoms with Gasteiger partial charge in [-0.25, -0.2) is 0 Å². The summed E-state index contributed by atoms with van der Waals surface area (Å²) in [6, 6.07) is 12.4. The van der Waals surface area contributed by atoms with Gasteiger partial charge in [-0.05, 0) is 68.2 Å². The lowest BCUT2D eigenvalue weighted by Crippen LogP contribution is -2.27. The van der Waals surface area contributed by atoms with E-state index in [0.29, 0.717) is 12.2 Å². The van der Waals surface area contributed by atoms with Crippen molar-refractivity contribution in [2.45, 2.75) is 25.0 Å². The topological polar surface area (TPSA) is 36.3 Å². The molecule has 5 heteroatoms. The number of fused-ring (bicyclic) bond motifs is 1. The standard InChI is InChI=1S/C18H20N2OS.ClH/c1-20(2)9-4-8-18(17-5-3-10-22-17)16-7-6-14(12-19)11-15(16)13-21-18;/h3,5-7,10-11H,4,8-9,13H2,1-2H3;1H. The van der Waals surface area contributed by atoms with E-state index in [2.05, 4.69) is 48.6 Å². The van der Waals surface area contributed by atoms with Crippen LogP contribution in [0, 0.1) is 11.3 Å². The maximum absolute atomic E-state index is 9.09. The molecule has 2 aromatic rings. The fourth-order valence-electron chi connectivity index (χ4n) is 3.14. The van der Waals surface area contributed by atoms with Gasteiger partial charge in [0.15, 0.2) is 0 Å². The van der Waals surface area contributed by atoms with Crippen LogP contribution in [0.5, 0.6) is 0 Å². The lowest BCUT2D eigenvalue weighted by Gasteiger charge is -2.29. The number of nitrogens with zero attached hydrogens (tertiary/aromatic N) is 2. The Labute approximate surface area is 147 Å². The van der Waals surface area contributed by atoms with E-state index in [1.807, 2.05) is 12.1 Å². The number of rotatable bonds is 5. The van der Waals surface area contributed by atoms with Gasteiger partial charge >= 0.3 is 0 Å². The largest absolute Gasteiger partial charge is 0.360 e. The molecule has 1 atom stereocenters. The number of benzene rings is 1. The quantitative estimate of drug-likeness (QED) is 0.814. The monoisotopic (exact) mass is 348 g/mol. The maximum atomic E-state index is 9.09. The van der Waals surface area contributed by atoms with Crippen molar-refractivity contribution < 1.29 is 4.74 Å². The van der Waals surface area contributed by atoms with Crippen LogP contribution in [-0.2, 0) is 16.9 Å². The molecule has 0 aliphatic carbocycles. The third-order valence-electron chi connectivity index (χ3n) is 4.20. The zero-order valence-corrected chi connectivity index (χ0v) is 15.0. The second kappa shape index (κ2) is 7.46. The molecule has 0 saturated heterocycles. The molecule has 122 valence electrons. The van der Waals surface area contributed by atoms with Gasteiger partial charge in [-0.3, -0.25) is 0 Å². The molecule has 0 saturated carbocycles. The fraction of sp³-hybridized carbons (Fsp3) is 0.389. The first-order chi connectivity index (χ1) is 10.7. The highest BCUT2D eigenvalue weighted by atomic mass is 35.5. The molecule has 0 N–H and O–H groups in total. The van der Waals surface area contributed by atoms with E-state index in [9.17, 15) is 0 Å². The average Bonchev–Trinajstić information content (AvgIpc) is 3.15. The third kappa shape index (κ3) is 3.44. The van der Waals surface area contributed by atoms with E-state index in [1.165, 1.54) is 10.4 Å². The summed E-state index contributed by atoms with van der Waals surface area (Å²) in [4.78, 5) is 3.46. The van der Waals surface area contributed by atoms with Crippen LogP contribution in [0.15, 0.2) is 35.7 Å². The van der Waals surface area contributed by atoms with Gasteiger partial charge in [-0.1, -0.05) is 12.1 Å². The number of ether oxygens (including phenoxy) is 1. The Bertz CT molecular complexity index is 694. The fourth-order valence-corrected chi connectivity index (χ4v) is 4.06. The highest BCUT2D eigenvalue weighted by Crippen LogP contribution is 2.47. The van der Waals surface area contributed by atoms with E-state index < -0.39 is 0 Å². The number of nitriles is 1. The first-order valence-electron chi connectivity index (χ1n) is 7.52. The van der Waals surface area contributed by atoms with Crippen molar-refractivity contribution in [3.63, 3.8) is 0 Å². The number of hydrogen-bond donors (Lipinski definition) is 0. The predicted molar refractivity (Wildman–Crippen MR) is 96.1 cm³/mol. The van der Waals surface area contributed by atoms with Gasteiger partial charge in [0.25, 0.3) is 0 Å². The number of thiophene rings is 1. The molecule has 2 heterocycles. The molecule has 0 spiro atoms. The van der Waals surface area contributed by atoms with Crippen molar-refractivity contribution in [1.82, 2.24) is 4.90 Å². The zero-order chi connectivity index (χ0) is 15.6. The summed E-state index contributed by atoms with van der Waals surface area (Å²) >= 11 is 1.75. The van der Waals surface area contributed by atoms with E-state index in [0.717, 1.165) is 24.9 Å². The number of halogens is 1. The zero-order valence-electron chi connectivity index (χ0n) is 13.4. The molecule has 1 aliphatic rings. The molecule has 0 radical (unpaired) electrons. The molecule has 0 bridgehead atoms. The first-order valence-corrected chi connectivity index (χ1v) is 8.40. The SMILES string of the molecule is CN(C)CCCC1(c2cccs2)OCc2cc(C#N)ccc21.Cl. The van der Waals surface area contributed by atoms with Gasteiger partial charge in [-0.15, -0.1) is 23.7 Å². The van der Waals surface area contributed by atoms with Crippen LogP contribution < -0.4 is 0 Å². The molecule has 0 amide bonds. The van der Waals surface area contributed by atoms with E-state index in [-0.39, 0.29) is 18.0 Å². The minimum atomic E-state index is -0.340. The summed E-state index contributed by atoms with van der Waals surface area (Å²) in [5.41, 5.74) is 2.75. The van der Waals surface area contributed by atoms with Crippen molar-refractivity contribution in [2.24, 2.45) is 0 Å². The second-order valence-electron chi connectivity index (χ2n) is 5.98.